The number of nitrogens with zero attached hydrogens (tertiary/aromatic N) is 2. The highest BCUT2D eigenvalue weighted by molar-refractivity contribution is 14.0. The van der Waals surface area contributed by atoms with Crippen LogP contribution >= 0.6 is 24.0 Å². The Kier molecular flexibility index (Phi) is 10.8. The highest BCUT2D eigenvalue weighted by atomic mass is 127. The Balaban J connectivity index is 0.00000364. The zero-order valence-electron chi connectivity index (χ0n) is 16.7. The van der Waals surface area contributed by atoms with Gasteiger partial charge in [-0.25, -0.2) is 0 Å². The van der Waals surface area contributed by atoms with Gasteiger partial charge in [-0.2, -0.15) is 0 Å². The quantitative estimate of drug-likeness (QED) is 0.262. The number of benzene rings is 2. The van der Waals surface area contributed by atoms with Crippen LogP contribution in [0.2, 0.25) is 0 Å². The number of guanidine groups is 1. The van der Waals surface area contributed by atoms with Crippen molar-refractivity contribution in [3.63, 3.8) is 0 Å². The summed E-state index contributed by atoms with van der Waals surface area (Å²) in [6.45, 7) is 5.02. The first-order valence-corrected chi connectivity index (χ1v) is 8.93. The summed E-state index contributed by atoms with van der Waals surface area (Å²) in [6, 6.07) is 16.7. The summed E-state index contributed by atoms with van der Waals surface area (Å²) in [7, 11) is 5.93. The summed E-state index contributed by atoms with van der Waals surface area (Å²) in [5.74, 6) is 1.66. The molecule has 0 aliphatic heterocycles. The van der Waals surface area contributed by atoms with E-state index in [0.29, 0.717) is 13.2 Å². The third-order valence-corrected chi connectivity index (χ3v) is 3.86. The van der Waals surface area contributed by atoms with Crippen LogP contribution in [-0.4, -0.2) is 45.2 Å². The van der Waals surface area contributed by atoms with Crippen LogP contribution in [0.1, 0.15) is 16.7 Å². The monoisotopic (exact) mass is 482 g/mol. The average molecular weight is 482 g/mol. The maximum atomic E-state index is 5.72. The van der Waals surface area contributed by atoms with Crippen LogP contribution in [0, 0.1) is 6.92 Å². The molecular formula is C21H31IN4O. The largest absolute Gasteiger partial charge is 0.492 e. The van der Waals surface area contributed by atoms with Crippen LogP contribution in [0.4, 0.5) is 0 Å². The van der Waals surface area contributed by atoms with Crippen LogP contribution < -0.4 is 15.4 Å². The van der Waals surface area contributed by atoms with E-state index in [2.05, 4.69) is 65.8 Å². The summed E-state index contributed by atoms with van der Waals surface area (Å²) in [5.41, 5.74) is 3.78. The van der Waals surface area contributed by atoms with Gasteiger partial charge < -0.3 is 20.3 Å². The van der Waals surface area contributed by atoms with Gasteiger partial charge in [-0.1, -0.05) is 42.0 Å². The molecule has 6 heteroatoms. The first-order valence-electron chi connectivity index (χ1n) is 8.93. The molecular weight excluding hydrogens is 451 g/mol. The second-order valence-corrected chi connectivity index (χ2v) is 6.57. The van der Waals surface area contributed by atoms with Gasteiger partial charge >= 0.3 is 0 Å². The predicted octanol–water partition coefficient (Wildman–Crippen LogP) is 3.42. The van der Waals surface area contributed by atoms with Gasteiger partial charge in [0, 0.05) is 20.1 Å². The fourth-order valence-corrected chi connectivity index (χ4v) is 2.58. The van der Waals surface area contributed by atoms with Crippen LogP contribution in [-0.2, 0) is 13.1 Å². The van der Waals surface area contributed by atoms with E-state index in [1.807, 2.05) is 24.3 Å². The SMILES string of the molecule is CN=C(NCCOc1ccc(C)cc1)NCc1cccc(CN(C)C)c1.I. The van der Waals surface area contributed by atoms with Crippen molar-refractivity contribution in [3.8, 4) is 5.75 Å². The maximum Gasteiger partial charge on any atom is 0.191 e. The Morgan fingerprint density at radius 1 is 1.04 bits per heavy atom. The molecule has 0 atom stereocenters. The Morgan fingerprint density at radius 3 is 2.41 bits per heavy atom. The van der Waals surface area contributed by atoms with E-state index in [-0.39, 0.29) is 24.0 Å². The van der Waals surface area contributed by atoms with Crippen molar-refractivity contribution in [1.29, 1.82) is 0 Å². The molecule has 0 amide bonds. The van der Waals surface area contributed by atoms with Crippen LogP contribution in [0.3, 0.4) is 0 Å². The van der Waals surface area contributed by atoms with Gasteiger partial charge in [-0.3, -0.25) is 4.99 Å². The van der Waals surface area contributed by atoms with Gasteiger partial charge in [0.2, 0.25) is 0 Å². The molecule has 0 heterocycles. The van der Waals surface area contributed by atoms with Crippen molar-refractivity contribution in [2.24, 2.45) is 4.99 Å². The Morgan fingerprint density at radius 2 is 1.74 bits per heavy atom. The number of aryl methyl sites for hydroxylation is 1. The number of hydrogen-bond donors (Lipinski definition) is 2. The van der Waals surface area contributed by atoms with Crippen molar-refractivity contribution >= 4 is 29.9 Å². The summed E-state index contributed by atoms with van der Waals surface area (Å²) in [5, 5.41) is 6.62. The number of ether oxygens (including phenoxy) is 1. The van der Waals surface area contributed by atoms with Crippen molar-refractivity contribution in [1.82, 2.24) is 15.5 Å². The molecule has 0 fully saturated rings. The first kappa shape index (κ1) is 23.2. The number of halogens is 1. The molecule has 2 aromatic rings. The van der Waals surface area contributed by atoms with Gasteiger partial charge in [-0.15, -0.1) is 24.0 Å². The smallest absolute Gasteiger partial charge is 0.191 e. The highest BCUT2D eigenvalue weighted by Gasteiger charge is 2.01. The van der Waals surface area contributed by atoms with E-state index in [0.717, 1.165) is 24.8 Å². The molecule has 2 rings (SSSR count). The molecule has 0 unspecified atom stereocenters. The van der Waals surface area contributed by atoms with Gasteiger partial charge in [0.1, 0.15) is 12.4 Å². The number of hydrogen-bond acceptors (Lipinski definition) is 3. The van der Waals surface area contributed by atoms with Crippen LogP contribution in [0.5, 0.6) is 5.75 Å². The molecule has 0 radical (unpaired) electrons. The van der Waals surface area contributed by atoms with E-state index >= 15 is 0 Å². The molecule has 0 aromatic heterocycles. The summed E-state index contributed by atoms with van der Waals surface area (Å²) in [6.07, 6.45) is 0. The van der Waals surface area contributed by atoms with Crippen LogP contribution in [0.15, 0.2) is 53.5 Å². The molecule has 2 N–H and O–H groups in total. The minimum absolute atomic E-state index is 0. The molecule has 0 aliphatic rings. The highest BCUT2D eigenvalue weighted by Crippen LogP contribution is 2.10. The van der Waals surface area contributed by atoms with E-state index in [4.69, 9.17) is 4.74 Å². The normalized spacial score (nSPS) is 11.1. The van der Waals surface area contributed by atoms with Crippen molar-refractivity contribution in [2.75, 3.05) is 34.3 Å². The average Bonchev–Trinajstić information content (AvgIpc) is 2.62. The Bertz CT molecular complexity index is 702. The third-order valence-electron chi connectivity index (χ3n) is 3.86. The number of rotatable bonds is 8. The molecule has 0 spiro atoms. The van der Waals surface area contributed by atoms with Gasteiger partial charge in [0.15, 0.2) is 5.96 Å². The van der Waals surface area contributed by atoms with Gasteiger partial charge in [0.05, 0.1) is 6.54 Å². The second kappa shape index (κ2) is 12.6. The molecule has 0 aliphatic carbocycles. The first-order chi connectivity index (χ1) is 12.6. The Labute approximate surface area is 180 Å². The minimum Gasteiger partial charge on any atom is -0.492 e. The van der Waals surface area contributed by atoms with Crippen molar-refractivity contribution in [3.05, 3.63) is 65.2 Å². The lowest BCUT2D eigenvalue weighted by Gasteiger charge is -2.14. The molecule has 0 saturated carbocycles. The third kappa shape index (κ3) is 9.10. The maximum absolute atomic E-state index is 5.72. The molecule has 2 aromatic carbocycles. The van der Waals surface area contributed by atoms with Crippen molar-refractivity contribution in [2.45, 2.75) is 20.0 Å². The zero-order chi connectivity index (χ0) is 18.8. The standard InChI is InChI=1S/C21H30N4O.HI/c1-17-8-10-20(11-9-17)26-13-12-23-21(22-2)24-15-18-6-5-7-19(14-18)16-25(3)4;/h5-11,14H,12-13,15-16H2,1-4H3,(H2,22,23,24);1H. The van der Waals surface area contributed by atoms with Crippen LogP contribution in [0.25, 0.3) is 0 Å². The summed E-state index contributed by atoms with van der Waals surface area (Å²) in [4.78, 5) is 6.43. The minimum atomic E-state index is 0. The van der Waals surface area contributed by atoms with Gasteiger partial charge in [-0.05, 0) is 44.3 Å². The lowest BCUT2D eigenvalue weighted by Crippen LogP contribution is -2.38. The van der Waals surface area contributed by atoms with E-state index in [1.54, 1.807) is 7.05 Å². The van der Waals surface area contributed by atoms with Gasteiger partial charge in [0.25, 0.3) is 0 Å². The van der Waals surface area contributed by atoms with Crippen molar-refractivity contribution < 1.29 is 4.74 Å². The lowest BCUT2D eigenvalue weighted by molar-refractivity contribution is 0.322. The topological polar surface area (TPSA) is 48.9 Å². The predicted molar refractivity (Wildman–Crippen MR) is 124 cm³/mol. The van der Waals surface area contributed by atoms with E-state index in [1.165, 1.54) is 16.7 Å². The lowest BCUT2D eigenvalue weighted by atomic mass is 10.1. The second-order valence-electron chi connectivity index (χ2n) is 6.57. The zero-order valence-corrected chi connectivity index (χ0v) is 19.0. The number of nitrogens with one attached hydrogen (secondary N) is 2. The molecule has 0 saturated heterocycles. The van der Waals surface area contributed by atoms with E-state index in [9.17, 15) is 0 Å². The molecule has 27 heavy (non-hydrogen) atoms. The molecule has 5 nitrogen and oxygen atoms in total. The molecule has 148 valence electrons. The fourth-order valence-electron chi connectivity index (χ4n) is 2.58. The van der Waals surface area contributed by atoms with E-state index < -0.39 is 0 Å². The summed E-state index contributed by atoms with van der Waals surface area (Å²) >= 11 is 0. The molecule has 0 bridgehead atoms. The summed E-state index contributed by atoms with van der Waals surface area (Å²) < 4.78 is 5.72. The Hall–Kier alpha value is -1.80. The number of aliphatic imine (C=N–C) groups is 1. The fraction of sp³-hybridized carbons (Fsp3) is 0.381.